The third kappa shape index (κ3) is 5.27. The SMILES string of the molecule is O=C(Nc1nn(Cc2ccc(Cl)cc2)cc1Cl)c1ccc(COc2ccc(F)cc2F)o1. The Morgan fingerprint density at radius 2 is 1.88 bits per heavy atom. The molecular formula is C22H15Cl2F2N3O3. The number of aromatic nitrogens is 2. The van der Waals surface area contributed by atoms with Crippen molar-refractivity contribution in [3.63, 3.8) is 0 Å². The lowest BCUT2D eigenvalue weighted by atomic mass is 10.2. The molecule has 6 nitrogen and oxygen atoms in total. The lowest BCUT2D eigenvalue weighted by Crippen LogP contribution is -2.12. The summed E-state index contributed by atoms with van der Waals surface area (Å²) in [5, 5.41) is 7.75. The van der Waals surface area contributed by atoms with E-state index < -0.39 is 17.5 Å². The molecule has 1 N–H and O–H groups in total. The van der Waals surface area contributed by atoms with Gasteiger partial charge in [-0.25, -0.2) is 8.78 Å². The van der Waals surface area contributed by atoms with Crippen molar-refractivity contribution in [3.8, 4) is 5.75 Å². The summed E-state index contributed by atoms with van der Waals surface area (Å²) in [5.41, 5.74) is 0.958. The molecule has 0 bridgehead atoms. The lowest BCUT2D eigenvalue weighted by molar-refractivity contribution is 0.0992. The summed E-state index contributed by atoms with van der Waals surface area (Å²) in [6.45, 7) is 0.293. The second kappa shape index (κ2) is 9.42. The number of halogens is 4. The minimum atomic E-state index is -0.835. The molecule has 0 saturated heterocycles. The van der Waals surface area contributed by atoms with E-state index in [9.17, 15) is 13.6 Å². The van der Waals surface area contributed by atoms with Crippen LogP contribution in [0.3, 0.4) is 0 Å². The number of carbonyl (C=O) groups excluding carboxylic acids is 1. The second-order valence-electron chi connectivity index (χ2n) is 6.73. The predicted octanol–water partition coefficient (Wildman–Crippen LogP) is 5.94. The van der Waals surface area contributed by atoms with Gasteiger partial charge < -0.3 is 14.5 Å². The van der Waals surface area contributed by atoms with Crippen LogP contribution in [-0.2, 0) is 13.2 Å². The molecule has 4 aromatic rings. The lowest BCUT2D eigenvalue weighted by Gasteiger charge is -2.05. The Hall–Kier alpha value is -3.36. The van der Waals surface area contributed by atoms with Gasteiger partial charge >= 0.3 is 0 Å². The highest BCUT2D eigenvalue weighted by Gasteiger charge is 2.16. The predicted molar refractivity (Wildman–Crippen MR) is 115 cm³/mol. The van der Waals surface area contributed by atoms with E-state index in [4.69, 9.17) is 32.4 Å². The van der Waals surface area contributed by atoms with Crippen LogP contribution in [0, 0.1) is 11.6 Å². The Balaban J connectivity index is 1.37. The number of nitrogens with zero attached hydrogens (tertiary/aromatic N) is 2. The van der Waals surface area contributed by atoms with E-state index in [0.29, 0.717) is 17.6 Å². The van der Waals surface area contributed by atoms with Crippen LogP contribution in [0.15, 0.2) is 65.2 Å². The van der Waals surface area contributed by atoms with Crippen molar-refractivity contribution in [1.82, 2.24) is 9.78 Å². The minimum absolute atomic E-state index is 0.00787. The number of amides is 1. The van der Waals surface area contributed by atoms with Gasteiger partial charge in [-0.2, -0.15) is 5.10 Å². The second-order valence-corrected chi connectivity index (χ2v) is 7.58. The number of nitrogens with one attached hydrogen (secondary N) is 1. The quantitative estimate of drug-likeness (QED) is 0.357. The summed E-state index contributed by atoms with van der Waals surface area (Å²) < 4.78 is 38.9. The van der Waals surface area contributed by atoms with Crippen molar-refractivity contribution in [3.05, 3.63) is 99.6 Å². The molecule has 0 spiro atoms. The fourth-order valence-corrected chi connectivity index (χ4v) is 3.15. The van der Waals surface area contributed by atoms with Crippen molar-refractivity contribution in [2.45, 2.75) is 13.2 Å². The van der Waals surface area contributed by atoms with E-state index >= 15 is 0 Å². The molecular weight excluding hydrogens is 463 g/mol. The van der Waals surface area contributed by atoms with Crippen LogP contribution in [0.25, 0.3) is 0 Å². The first-order valence-corrected chi connectivity index (χ1v) is 10.1. The van der Waals surface area contributed by atoms with E-state index in [1.165, 1.54) is 18.2 Å². The molecule has 0 aliphatic rings. The first kappa shape index (κ1) is 21.9. The summed E-state index contributed by atoms with van der Waals surface area (Å²) >= 11 is 12.1. The number of ether oxygens (including phenoxy) is 1. The Labute approximate surface area is 191 Å². The molecule has 0 fully saturated rings. The van der Waals surface area contributed by atoms with Gasteiger partial charge in [0, 0.05) is 17.3 Å². The summed E-state index contributed by atoms with van der Waals surface area (Å²) in [5.74, 6) is -1.80. The van der Waals surface area contributed by atoms with Crippen LogP contribution < -0.4 is 10.1 Å². The van der Waals surface area contributed by atoms with E-state index in [-0.39, 0.29) is 34.7 Å². The van der Waals surface area contributed by atoms with Crippen molar-refractivity contribution >= 4 is 34.9 Å². The van der Waals surface area contributed by atoms with Crippen molar-refractivity contribution in [2.24, 2.45) is 0 Å². The van der Waals surface area contributed by atoms with Gasteiger partial charge in [-0.1, -0.05) is 35.3 Å². The molecule has 4 rings (SSSR count). The van der Waals surface area contributed by atoms with Gasteiger partial charge in [-0.3, -0.25) is 9.48 Å². The smallest absolute Gasteiger partial charge is 0.292 e. The summed E-state index contributed by atoms with van der Waals surface area (Å²) in [4.78, 5) is 12.5. The van der Waals surface area contributed by atoms with Gasteiger partial charge in [0.15, 0.2) is 23.1 Å². The van der Waals surface area contributed by atoms with E-state index in [2.05, 4.69) is 10.4 Å². The van der Waals surface area contributed by atoms with E-state index in [1.807, 2.05) is 12.1 Å². The topological polar surface area (TPSA) is 69.3 Å². The van der Waals surface area contributed by atoms with Crippen LogP contribution >= 0.6 is 23.2 Å². The van der Waals surface area contributed by atoms with Crippen LogP contribution in [0.1, 0.15) is 21.9 Å². The van der Waals surface area contributed by atoms with Crippen LogP contribution in [0.4, 0.5) is 14.6 Å². The Morgan fingerprint density at radius 3 is 2.62 bits per heavy atom. The highest BCUT2D eigenvalue weighted by Crippen LogP contribution is 2.23. The molecule has 0 unspecified atom stereocenters. The zero-order valence-electron chi connectivity index (χ0n) is 16.3. The average Bonchev–Trinajstić information content (AvgIpc) is 3.36. The molecule has 2 aromatic carbocycles. The van der Waals surface area contributed by atoms with Gasteiger partial charge in [0.2, 0.25) is 0 Å². The molecule has 0 aliphatic heterocycles. The maximum Gasteiger partial charge on any atom is 0.292 e. The van der Waals surface area contributed by atoms with Crippen LogP contribution in [0.5, 0.6) is 5.75 Å². The Morgan fingerprint density at radius 1 is 1.09 bits per heavy atom. The average molecular weight is 478 g/mol. The molecule has 0 saturated carbocycles. The number of hydrogen-bond acceptors (Lipinski definition) is 4. The highest BCUT2D eigenvalue weighted by atomic mass is 35.5. The molecule has 2 aromatic heterocycles. The Kier molecular flexibility index (Phi) is 6.43. The van der Waals surface area contributed by atoms with Crippen molar-refractivity contribution in [2.75, 3.05) is 5.32 Å². The van der Waals surface area contributed by atoms with Gasteiger partial charge in [-0.15, -0.1) is 0 Å². The van der Waals surface area contributed by atoms with E-state index in [1.54, 1.807) is 23.0 Å². The fraction of sp³-hybridized carbons (Fsp3) is 0.0909. The number of furan rings is 1. The van der Waals surface area contributed by atoms with Gasteiger partial charge in [0.25, 0.3) is 5.91 Å². The minimum Gasteiger partial charge on any atom is -0.483 e. The molecule has 10 heteroatoms. The molecule has 2 heterocycles. The van der Waals surface area contributed by atoms with Crippen molar-refractivity contribution in [1.29, 1.82) is 0 Å². The zero-order valence-corrected chi connectivity index (χ0v) is 17.8. The maximum atomic E-state index is 13.6. The molecule has 164 valence electrons. The summed E-state index contributed by atoms with van der Waals surface area (Å²) in [7, 11) is 0. The summed E-state index contributed by atoms with van der Waals surface area (Å²) in [6.07, 6.45) is 1.59. The van der Waals surface area contributed by atoms with Crippen LogP contribution in [0.2, 0.25) is 10.0 Å². The first-order chi connectivity index (χ1) is 15.4. The van der Waals surface area contributed by atoms with Gasteiger partial charge in [0.05, 0.1) is 6.54 Å². The monoisotopic (exact) mass is 477 g/mol. The van der Waals surface area contributed by atoms with Gasteiger partial charge in [0.1, 0.15) is 23.2 Å². The normalized spacial score (nSPS) is 10.9. The molecule has 0 atom stereocenters. The zero-order chi connectivity index (χ0) is 22.7. The molecule has 0 aliphatic carbocycles. The molecule has 32 heavy (non-hydrogen) atoms. The first-order valence-electron chi connectivity index (χ1n) is 9.33. The van der Waals surface area contributed by atoms with E-state index in [0.717, 1.165) is 11.6 Å². The Bertz CT molecular complexity index is 1260. The third-order valence-electron chi connectivity index (χ3n) is 4.36. The molecule has 1 amide bonds. The highest BCUT2D eigenvalue weighted by molar-refractivity contribution is 6.33. The number of carbonyl (C=O) groups is 1. The van der Waals surface area contributed by atoms with Crippen LogP contribution in [-0.4, -0.2) is 15.7 Å². The fourth-order valence-electron chi connectivity index (χ4n) is 2.83. The van der Waals surface area contributed by atoms with Crippen molar-refractivity contribution < 1.29 is 22.7 Å². The summed E-state index contributed by atoms with van der Waals surface area (Å²) in [6, 6.07) is 13.2. The number of benzene rings is 2. The maximum absolute atomic E-state index is 13.6. The standard InChI is InChI=1S/C22H15Cl2F2N3O3/c23-14-3-1-13(2-4-14)10-29-11-17(24)21(28-29)27-22(30)20-8-6-16(32-20)12-31-19-7-5-15(25)9-18(19)26/h1-9,11H,10,12H2,(H,27,28,30). The largest absolute Gasteiger partial charge is 0.483 e. The van der Waals surface area contributed by atoms with Gasteiger partial charge in [-0.05, 0) is 42.0 Å². The molecule has 0 radical (unpaired) electrons. The number of hydrogen-bond donors (Lipinski definition) is 1. The third-order valence-corrected chi connectivity index (χ3v) is 4.88. The number of anilines is 1. The number of rotatable bonds is 7.